The molecule has 0 atom stereocenters. The summed E-state index contributed by atoms with van der Waals surface area (Å²) in [6.07, 6.45) is -1.43. The first-order chi connectivity index (χ1) is 20.8. The van der Waals surface area contributed by atoms with Crippen molar-refractivity contribution in [2.75, 3.05) is 30.8 Å². The number of carbonyl (C=O) groups excluding carboxylic acids is 1. The number of likely N-dealkylation sites (tertiary alicyclic amines) is 1. The molecule has 10 nitrogen and oxygen atoms in total. The van der Waals surface area contributed by atoms with E-state index in [1.807, 2.05) is 6.07 Å². The highest BCUT2D eigenvalue weighted by molar-refractivity contribution is 7.53. The van der Waals surface area contributed by atoms with Gasteiger partial charge in [0.2, 0.25) is 5.95 Å². The quantitative estimate of drug-likeness (QED) is 0.189. The number of benzene rings is 2. The summed E-state index contributed by atoms with van der Waals surface area (Å²) in [5, 5.41) is 4.31. The highest BCUT2D eigenvalue weighted by Gasteiger charge is 2.45. The Bertz CT molecular complexity index is 1580. The molecule has 4 N–H and O–H groups in total. The molecule has 1 saturated heterocycles. The fourth-order valence-corrected chi connectivity index (χ4v) is 7.46. The van der Waals surface area contributed by atoms with Crippen LogP contribution in [0, 0.1) is 0 Å². The van der Waals surface area contributed by atoms with Crippen molar-refractivity contribution in [3.63, 3.8) is 0 Å². The molecule has 0 saturated carbocycles. The Balaban J connectivity index is 1.46. The number of hydrogen-bond acceptors (Lipinski definition) is 7. The van der Waals surface area contributed by atoms with Crippen LogP contribution in [0.2, 0.25) is 0 Å². The Morgan fingerprint density at radius 3 is 2.25 bits per heavy atom. The predicted molar refractivity (Wildman–Crippen MR) is 161 cm³/mol. The van der Waals surface area contributed by atoms with Gasteiger partial charge in [-0.25, -0.2) is 4.98 Å². The van der Waals surface area contributed by atoms with Crippen LogP contribution in [0.15, 0.2) is 42.6 Å². The van der Waals surface area contributed by atoms with Crippen LogP contribution < -0.4 is 10.6 Å². The first kappa shape index (κ1) is 31.9. The number of fused-ring (bicyclic) bond motifs is 1. The number of carbonyl (C=O) groups is 1. The van der Waals surface area contributed by atoms with Gasteiger partial charge in [-0.3, -0.25) is 14.3 Å². The number of halogens is 3. The van der Waals surface area contributed by atoms with Crippen LogP contribution in [-0.4, -0.2) is 55.6 Å². The minimum Gasteiger partial charge on any atom is -0.339 e. The van der Waals surface area contributed by atoms with Gasteiger partial charge >= 0.3 is 13.8 Å². The molecule has 2 aliphatic rings. The lowest BCUT2D eigenvalue weighted by Gasteiger charge is -2.33. The largest absolute Gasteiger partial charge is 0.421 e. The average Bonchev–Trinajstić information content (AvgIpc) is 3.58. The lowest BCUT2D eigenvalue weighted by atomic mass is 9.92. The lowest BCUT2D eigenvalue weighted by Crippen LogP contribution is -2.24. The summed E-state index contributed by atoms with van der Waals surface area (Å²) in [5.41, 5.74) is 2.10. The summed E-state index contributed by atoms with van der Waals surface area (Å²) in [4.78, 5) is 45.1. The van der Waals surface area contributed by atoms with Crippen molar-refractivity contribution >= 4 is 36.6 Å². The highest BCUT2D eigenvalue weighted by atomic mass is 31.2. The van der Waals surface area contributed by atoms with E-state index in [-0.39, 0.29) is 30.4 Å². The number of nitrogens with zero attached hydrogens (tertiary/aromatic N) is 4. The second-order valence-corrected chi connectivity index (χ2v) is 13.3. The Hall–Kier alpha value is -3.51. The summed E-state index contributed by atoms with van der Waals surface area (Å²) in [7, 11) is -2.82. The first-order valence-electron chi connectivity index (χ1n) is 14.5. The van der Waals surface area contributed by atoms with Crippen LogP contribution in [0.25, 0.3) is 0 Å². The molecule has 2 aromatic carbocycles. The molecule has 2 aliphatic heterocycles. The number of nitrogens with one attached hydrogen (secondary N) is 2. The van der Waals surface area contributed by atoms with Crippen molar-refractivity contribution in [2.45, 2.75) is 64.0 Å². The molecule has 44 heavy (non-hydrogen) atoms. The third-order valence-electron chi connectivity index (χ3n) is 8.71. The number of anilines is 4. The maximum Gasteiger partial charge on any atom is 0.421 e. The third-order valence-corrected chi connectivity index (χ3v) is 10.7. The molecule has 3 aromatic rings. The van der Waals surface area contributed by atoms with Gasteiger partial charge < -0.3 is 25.3 Å². The summed E-state index contributed by atoms with van der Waals surface area (Å²) in [6, 6.07) is 9.77. The Kier molecular flexibility index (Phi) is 8.78. The molecule has 236 valence electrons. The topological polar surface area (TPSA) is 131 Å². The lowest BCUT2D eigenvalue weighted by molar-refractivity contribution is -0.137. The fourth-order valence-electron chi connectivity index (χ4n) is 6.15. The molecule has 1 amide bonds. The van der Waals surface area contributed by atoms with Gasteiger partial charge in [-0.05, 0) is 73.7 Å². The molecule has 0 spiro atoms. The van der Waals surface area contributed by atoms with Crippen LogP contribution in [0.1, 0.15) is 72.1 Å². The van der Waals surface area contributed by atoms with Crippen LogP contribution in [0.5, 0.6) is 0 Å². The van der Waals surface area contributed by atoms with Crippen molar-refractivity contribution in [1.82, 2.24) is 19.8 Å². The van der Waals surface area contributed by atoms with E-state index in [1.165, 1.54) is 0 Å². The van der Waals surface area contributed by atoms with Crippen molar-refractivity contribution in [1.29, 1.82) is 0 Å². The molecule has 0 bridgehead atoms. The number of hydrogen-bond donors (Lipinski definition) is 4. The molecule has 1 fully saturated rings. The molecule has 1 aromatic heterocycles. The maximum atomic E-state index is 14.0. The van der Waals surface area contributed by atoms with Crippen LogP contribution >= 0.6 is 7.60 Å². The van der Waals surface area contributed by atoms with Gasteiger partial charge in [0, 0.05) is 32.0 Å². The van der Waals surface area contributed by atoms with Crippen molar-refractivity contribution in [3.8, 4) is 0 Å². The van der Waals surface area contributed by atoms with Crippen molar-refractivity contribution in [2.24, 2.45) is 0 Å². The van der Waals surface area contributed by atoms with Gasteiger partial charge in [0.25, 0.3) is 5.91 Å². The van der Waals surface area contributed by atoms with Gasteiger partial charge in [-0.15, -0.1) is 0 Å². The third kappa shape index (κ3) is 6.06. The van der Waals surface area contributed by atoms with Gasteiger partial charge in [0.05, 0.1) is 16.4 Å². The van der Waals surface area contributed by atoms with Gasteiger partial charge in [0.1, 0.15) is 11.4 Å². The number of amides is 1. The van der Waals surface area contributed by atoms with E-state index in [0.717, 1.165) is 37.1 Å². The SMILES string of the molecule is CCC(CC)(c1ccc(Nc2ncc(C(F)(F)F)c(Nc3ccc(CN4CCCC4)c4c3C(=O)N(C)C4)n2)cc1)P(=O)(O)O. The number of rotatable bonds is 10. The highest BCUT2D eigenvalue weighted by Crippen LogP contribution is 2.61. The molecule has 0 aliphatic carbocycles. The summed E-state index contributed by atoms with van der Waals surface area (Å²) < 4.78 is 54.5. The van der Waals surface area contributed by atoms with Gasteiger partial charge in [-0.2, -0.15) is 18.2 Å². The zero-order valence-corrected chi connectivity index (χ0v) is 25.7. The summed E-state index contributed by atoms with van der Waals surface area (Å²) in [6.45, 7) is 6.39. The summed E-state index contributed by atoms with van der Waals surface area (Å²) >= 11 is 0. The van der Waals surface area contributed by atoms with E-state index in [1.54, 1.807) is 56.1 Å². The van der Waals surface area contributed by atoms with Crippen LogP contribution in [-0.2, 0) is 29.0 Å². The minimum absolute atomic E-state index is 0.133. The van der Waals surface area contributed by atoms with Crippen molar-refractivity contribution < 1.29 is 32.3 Å². The van der Waals surface area contributed by atoms with E-state index >= 15 is 0 Å². The van der Waals surface area contributed by atoms with Gasteiger partial charge in [0.15, 0.2) is 0 Å². The Labute approximate surface area is 253 Å². The number of aromatic nitrogens is 2. The molecule has 0 unspecified atom stereocenters. The summed E-state index contributed by atoms with van der Waals surface area (Å²) in [5.74, 6) is -0.926. The van der Waals surface area contributed by atoms with Gasteiger partial charge in [-0.1, -0.05) is 32.0 Å². The van der Waals surface area contributed by atoms with E-state index in [0.29, 0.717) is 36.1 Å². The molecular formula is C30H36F3N6O4P. The Morgan fingerprint density at radius 2 is 1.66 bits per heavy atom. The monoisotopic (exact) mass is 632 g/mol. The second kappa shape index (κ2) is 12.1. The molecule has 0 radical (unpaired) electrons. The van der Waals surface area contributed by atoms with Crippen LogP contribution in [0.4, 0.5) is 36.3 Å². The first-order valence-corrected chi connectivity index (χ1v) is 16.2. The van der Waals surface area contributed by atoms with E-state index < -0.39 is 30.3 Å². The molecule has 5 rings (SSSR count). The predicted octanol–water partition coefficient (Wildman–Crippen LogP) is 6.36. The minimum atomic E-state index is -4.77. The fraction of sp³-hybridized carbons (Fsp3) is 0.433. The normalized spacial score (nSPS) is 16.0. The average molecular weight is 633 g/mol. The zero-order valence-electron chi connectivity index (χ0n) is 24.8. The van der Waals surface area contributed by atoms with Crippen LogP contribution in [0.3, 0.4) is 0 Å². The standard InChI is InChI=1S/C30H36F3N6O4P/c1-4-29(5-2,44(41,42)43)20-9-11-21(12-10-20)35-28-34-16-23(30(31,32)33)26(37-28)36-24-13-8-19(17-39-14-6-7-15-39)22-18-38(3)27(40)25(22)24/h8-13,16H,4-7,14-15,17-18H2,1-3H3,(H2,41,42,43)(H2,34,35,36,37). The van der Waals surface area contributed by atoms with E-state index in [2.05, 4.69) is 25.5 Å². The molecule has 14 heteroatoms. The molecular weight excluding hydrogens is 596 g/mol. The zero-order chi connectivity index (χ0) is 31.9. The molecule has 3 heterocycles. The number of alkyl halides is 3. The van der Waals surface area contributed by atoms with Crippen molar-refractivity contribution in [3.05, 3.63) is 70.4 Å². The maximum absolute atomic E-state index is 14.0. The smallest absolute Gasteiger partial charge is 0.339 e. The van der Waals surface area contributed by atoms with E-state index in [9.17, 15) is 32.3 Å². The second-order valence-electron chi connectivity index (χ2n) is 11.3. The van der Waals surface area contributed by atoms with E-state index in [4.69, 9.17) is 0 Å². The Morgan fingerprint density at radius 1 is 1.00 bits per heavy atom.